The maximum atomic E-state index is 10.3. The van der Waals surface area contributed by atoms with E-state index in [9.17, 15) is 5.11 Å². The highest BCUT2D eigenvalue weighted by atomic mass is 16.3. The van der Waals surface area contributed by atoms with Crippen LogP contribution < -0.4 is 10.2 Å². The van der Waals surface area contributed by atoms with E-state index in [2.05, 4.69) is 24.8 Å². The molecule has 0 aromatic carbocycles. The average Bonchev–Trinajstić information content (AvgIpc) is 3.15. The van der Waals surface area contributed by atoms with Crippen molar-refractivity contribution >= 4 is 5.69 Å². The van der Waals surface area contributed by atoms with Gasteiger partial charge in [0, 0.05) is 69.3 Å². The Hall–Kier alpha value is -1.92. The molecule has 3 rings (SSSR count). The third-order valence-corrected chi connectivity index (χ3v) is 4.57. The van der Waals surface area contributed by atoms with Crippen LogP contribution in [0.15, 0.2) is 37.2 Å². The van der Waals surface area contributed by atoms with Crippen molar-refractivity contribution in [3.05, 3.63) is 42.7 Å². The molecule has 0 bridgehead atoms. The number of aromatic nitrogens is 3. The Labute approximate surface area is 137 Å². The molecule has 1 unspecified atom stereocenters. The van der Waals surface area contributed by atoms with Crippen molar-refractivity contribution in [2.45, 2.75) is 38.1 Å². The van der Waals surface area contributed by atoms with Crippen molar-refractivity contribution in [2.24, 2.45) is 5.92 Å². The lowest BCUT2D eigenvalue weighted by Gasteiger charge is -2.20. The van der Waals surface area contributed by atoms with Crippen molar-refractivity contribution in [3.8, 4) is 0 Å². The molecule has 0 radical (unpaired) electrons. The Morgan fingerprint density at radius 3 is 2.91 bits per heavy atom. The van der Waals surface area contributed by atoms with Crippen molar-refractivity contribution in [2.75, 3.05) is 19.0 Å². The van der Waals surface area contributed by atoms with Gasteiger partial charge in [-0.1, -0.05) is 0 Å². The molecule has 1 aliphatic rings. The van der Waals surface area contributed by atoms with E-state index in [4.69, 9.17) is 0 Å². The van der Waals surface area contributed by atoms with Gasteiger partial charge in [-0.05, 0) is 24.8 Å². The highest BCUT2D eigenvalue weighted by Crippen LogP contribution is 2.28. The zero-order valence-corrected chi connectivity index (χ0v) is 13.8. The number of hydrogen-bond donors (Lipinski definition) is 2. The molecule has 6 heteroatoms. The zero-order chi connectivity index (χ0) is 16.2. The molecule has 0 saturated heterocycles. The van der Waals surface area contributed by atoms with Crippen LogP contribution in [-0.2, 0) is 13.1 Å². The molecule has 2 N–H and O–H groups in total. The largest absolute Gasteiger partial charge is 0.391 e. The Balaban J connectivity index is 1.56. The molecule has 2 aromatic rings. The second-order valence-corrected chi connectivity index (χ2v) is 6.55. The van der Waals surface area contributed by atoms with Gasteiger partial charge >= 0.3 is 0 Å². The SMILES string of the molecule is CN(C)c1ccncc1CN[C@@H]1CC(Cn2ccnc2)C[C@H]1O. The molecule has 2 aromatic heterocycles. The number of pyridine rings is 1. The lowest BCUT2D eigenvalue weighted by Crippen LogP contribution is -2.35. The first-order valence-electron chi connectivity index (χ1n) is 8.11. The van der Waals surface area contributed by atoms with E-state index in [1.54, 1.807) is 6.20 Å². The van der Waals surface area contributed by atoms with Crippen molar-refractivity contribution in [1.29, 1.82) is 0 Å². The van der Waals surface area contributed by atoms with Gasteiger partial charge in [0.05, 0.1) is 12.4 Å². The minimum Gasteiger partial charge on any atom is -0.391 e. The van der Waals surface area contributed by atoms with Gasteiger partial charge in [-0.2, -0.15) is 0 Å². The van der Waals surface area contributed by atoms with Crippen LogP contribution in [0.2, 0.25) is 0 Å². The molecule has 23 heavy (non-hydrogen) atoms. The molecular formula is C17H25N5O. The first-order valence-corrected chi connectivity index (χ1v) is 8.11. The van der Waals surface area contributed by atoms with Crippen LogP contribution in [0.3, 0.4) is 0 Å². The predicted molar refractivity (Wildman–Crippen MR) is 90.1 cm³/mol. The first-order chi connectivity index (χ1) is 11.1. The first kappa shape index (κ1) is 16.0. The molecule has 0 amide bonds. The summed E-state index contributed by atoms with van der Waals surface area (Å²) < 4.78 is 2.09. The molecule has 6 nitrogen and oxygen atoms in total. The molecule has 0 aliphatic heterocycles. The lowest BCUT2D eigenvalue weighted by atomic mass is 10.1. The molecule has 0 spiro atoms. The van der Waals surface area contributed by atoms with Gasteiger partial charge in [0.1, 0.15) is 0 Å². The summed E-state index contributed by atoms with van der Waals surface area (Å²) >= 11 is 0. The van der Waals surface area contributed by atoms with E-state index in [0.717, 1.165) is 37.2 Å². The molecule has 1 aliphatic carbocycles. The summed E-state index contributed by atoms with van der Waals surface area (Å²) in [6.45, 7) is 1.64. The zero-order valence-electron chi connectivity index (χ0n) is 13.8. The number of aliphatic hydroxyl groups is 1. The lowest BCUT2D eigenvalue weighted by molar-refractivity contribution is 0.145. The van der Waals surface area contributed by atoms with E-state index >= 15 is 0 Å². The van der Waals surface area contributed by atoms with Gasteiger partial charge in [-0.3, -0.25) is 4.98 Å². The fourth-order valence-electron chi connectivity index (χ4n) is 3.41. The van der Waals surface area contributed by atoms with E-state index in [0.29, 0.717) is 5.92 Å². The fourth-order valence-corrected chi connectivity index (χ4v) is 3.41. The molecule has 3 atom stereocenters. The molecule has 1 fully saturated rings. The van der Waals surface area contributed by atoms with Gasteiger partial charge < -0.3 is 19.9 Å². The number of hydrogen-bond acceptors (Lipinski definition) is 5. The molecule has 1 saturated carbocycles. The van der Waals surface area contributed by atoms with Crippen LogP contribution in [0, 0.1) is 5.92 Å². The monoisotopic (exact) mass is 315 g/mol. The van der Waals surface area contributed by atoms with Gasteiger partial charge in [0.15, 0.2) is 0 Å². The quantitative estimate of drug-likeness (QED) is 0.840. The van der Waals surface area contributed by atoms with E-state index in [1.807, 2.05) is 45.1 Å². The molecule has 2 heterocycles. The van der Waals surface area contributed by atoms with E-state index in [-0.39, 0.29) is 12.1 Å². The highest BCUT2D eigenvalue weighted by Gasteiger charge is 2.32. The Morgan fingerprint density at radius 1 is 1.30 bits per heavy atom. The topological polar surface area (TPSA) is 66.2 Å². The smallest absolute Gasteiger partial charge is 0.0945 e. The number of nitrogens with one attached hydrogen (secondary N) is 1. The van der Waals surface area contributed by atoms with Gasteiger partial charge in [-0.25, -0.2) is 4.98 Å². The van der Waals surface area contributed by atoms with Crippen molar-refractivity contribution < 1.29 is 5.11 Å². The Kier molecular flexibility index (Phi) is 4.93. The summed E-state index contributed by atoms with van der Waals surface area (Å²) in [6, 6.07) is 2.16. The normalized spacial score (nSPS) is 24.0. The van der Waals surface area contributed by atoms with E-state index < -0.39 is 0 Å². The Morgan fingerprint density at radius 2 is 2.17 bits per heavy atom. The highest BCUT2D eigenvalue weighted by molar-refractivity contribution is 5.50. The minimum atomic E-state index is -0.289. The number of rotatable bonds is 6. The van der Waals surface area contributed by atoms with Gasteiger partial charge in [-0.15, -0.1) is 0 Å². The Bertz CT molecular complexity index is 613. The number of anilines is 1. The van der Waals surface area contributed by atoms with Crippen LogP contribution in [0.25, 0.3) is 0 Å². The number of aliphatic hydroxyl groups excluding tert-OH is 1. The van der Waals surface area contributed by atoms with Crippen LogP contribution in [0.5, 0.6) is 0 Å². The second-order valence-electron chi connectivity index (χ2n) is 6.55. The summed E-state index contributed by atoms with van der Waals surface area (Å²) in [7, 11) is 4.06. The van der Waals surface area contributed by atoms with Crippen LogP contribution in [-0.4, -0.2) is 45.9 Å². The second kappa shape index (κ2) is 7.10. The summed E-state index contributed by atoms with van der Waals surface area (Å²) in [5, 5.41) is 13.8. The average molecular weight is 315 g/mol. The maximum absolute atomic E-state index is 10.3. The molecule has 124 valence electrons. The molecular weight excluding hydrogens is 290 g/mol. The number of imidazole rings is 1. The summed E-state index contributed by atoms with van der Waals surface area (Å²) in [5.41, 5.74) is 2.32. The van der Waals surface area contributed by atoms with Crippen LogP contribution >= 0.6 is 0 Å². The van der Waals surface area contributed by atoms with Gasteiger partial charge in [0.2, 0.25) is 0 Å². The maximum Gasteiger partial charge on any atom is 0.0945 e. The standard InChI is InChI=1S/C17H25N5O/c1-21(2)16-3-4-18-9-14(16)10-20-15-7-13(8-17(15)23)11-22-6-5-19-12-22/h3-6,9,12-13,15,17,20,23H,7-8,10-11H2,1-2H3/t13?,15-,17-/m1/s1. The fraction of sp³-hybridized carbons (Fsp3) is 0.529. The summed E-state index contributed by atoms with van der Waals surface area (Å²) in [4.78, 5) is 10.4. The van der Waals surface area contributed by atoms with Crippen molar-refractivity contribution in [3.63, 3.8) is 0 Å². The van der Waals surface area contributed by atoms with Crippen molar-refractivity contribution in [1.82, 2.24) is 19.9 Å². The van der Waals surface area contributed by atoms with E-state index in [1.165, 1.54) is 0 Å². The van der Waals surface area contributed by atoms with Crippen LogP contribution in [0.4, 0.5) is 5.69 Å². The predicted octanol–water partition coefficient (Wildman–Crippen LogP) is 1.27. The van der Waals surface area contributed by atoms with Gasteiger partial charge in [0.25, 0.3) is 0 Å². The third-order valence-electron chi connectivity index (χ3n) is 4.57. The van der Waals surface area contributed by atoms with Crippen LogP contribution in [0.1, 0.15) is 18.4 Å². The summed E-state index contributed by atoms with van der Waals surface area (Å²) in [5.74, 6) is 0.485. The third kappa shape index (κ3) is 3.89. The number of nitrogens with zero attached hydrogens (tertiary/aromatic N) is 4. The minimum absolute atomic E-state index is 0.138. The summed E-state index contributed by atoms with van der Waals surface area (Å²) in [6.07, 6.45) is 10.9.